The largest absolute Gasteiger partial charge is 0.390 e. The minimum atomic E-state index is -1.07. The Balaban J connectivity index is 1.80. The number of aliphatic hydroxyl groups excluding tert-OH is 2. The average Bonchev–Trinajstić information content (AvgIpc) is 3.10. The molecule has 0 saturated carbocycles. The second-order valence-corrected chi connectivity index (χ2v) is 6.44. The van der Waals surface area contributed by atoms with Gasteiger partial charge in [0.05, 0.1) is 24.9 Å². The van der Waals surface area contributed by atoms with Crippen molar-refractivity contribution in [2.75, 3.05) is 6.61 Å². The summed E-state index contributed by atoms with van der Waals surface area (Å²) in [7, 11) is 0. The molecule has 1 aromatic heterocycles. The Bertz CT molecular complexity index is 647. The van der Waals surface area contributed by atoms with Gasteiger partial charge in [0.15, 0.2) is 6.29 Å². The molecule has 11 heteroatoms. The van der Waals surface area contributed by atoms with Gasteiger partial charge in [-0.05, 0) is 18.4 Å². The number of unbranched alkanes of at least 4 members (excludes halogenated alkanes) is 1. The van der Waals surface area contributed by atoms with Gasteiger partial charge in [0.1, 0.15) is 18.0 Å². The molecule has 1 fully saturated rings. The van der Waals surface area contributed by atoms with E-state index in [0.29, 0.717) is 25.1 Å². The van der Waals surface area contributed by atoms with E-state index < -0.39 is 24.6 Å². The van der Waals surface area contributed by atoms with Gasteiger partial charge < -0.3 is 19.7 Å². The molecule has 2 N–H and O–H groups in total. The lowest BCUT2D eigenvalue weighted by atomic mass is 10.0. The van der Waals surface area contributed by atoms with E-state index >= 15 is 0 Å². The van der Waals surface area contributed by atoms with E-state index in [4.69, 9.17) is 15.0 Å². The van der Waals surface area contributed by atoms with E-state index in [1.165, 1.54) is 4.68 Å². The number of hydrogen-bond donors (Lipinski definition) is 2. The summed E-state index contributed by atoms with van der Waals surface area (Å²) in [6, 6.07) is 0. The highest BCUT2D eigenvalue weighted by Crippen LogP contribution is 2.23. The molecule has 0 bridgehead atoms. The Morgan fingerprint density at radius 2 is 2.33 bits per heavy atom. The first-order valence-electron chi connectivity index (χ1n) is 9.08. The number of azide groups is 1. The van der Waals surface area contributed by atoms with Crippen LogP contribution in [-0.4, -0.2) is 62.2 Å². The molecule has 150 valence electrons. The van der Waals surface area contributed by atoms with Gasteiger partial charge in [0.2, 0.25) is 0 Å². The van der Waals surface area contributed by atoms with Crippen molar-refractivity contribution in [2.45, 2.75) is 76.7 Å². The van der Waals surface area contributed by atoms with Gasteiger partial charge in [-0.2, -0.15) is 0 Å². The Labute approximate surface area is 156 Å². The second-order valence-electron chi connectivity index (χ2n) is 6.44. The number of aromatic nitrogens is 3. The highest BCUT2D eigenvalue weighted by atomic mass is 16.7. The summed E-state index contributed by atoms with van der Waals surface area (Å²) in [4.78, 5) is 13.9. The number of hydrogen-bond acceptors (Lipinski definition) is 8. The normalized spacial score (nSPS) is 25.1. The monoisotopic (exact) mass is 382 g/mol. The van der Waals surface area contributed by atoms with Gasteiger partial charge in [-0.15, -0.1) is 5.10 Å². The molecule has 4 atom stereocenters. The lowest BCUT2D eigenvalue weighted by molar-refractivity contribution is -0.253. The van der Waals surface area contributed by atoms with Crippen LogP contribution in [-0.2, 0) is 27.4 Å². The molecule has 1 saturated heterocycles. The van der Waals surface area contributed by atoms with Crippen molar-refractivity contribution in [3.05, 3.63) is 22.3 Å². The van der Waals surface area contributed by atoms with Gasteiger partial charge in [-0.1, -0.05) is 17.3 Å². The van der Waals surface area contributed by atoms with Crippen molar-refractivity contribution in [3.8, 4) is 0 Å². The fourth-order valence-electron chi connectivity index (χ4n) is 2.78. The Morgan fingerprint density at radius 3 is 3.07 bits per heavy atom. The lowest BCUT2D eigenvalue weighted by Crippen LogP contribution is -2.50. The third-order valence-corrected chi connectivity index (χ3v) is 4.33. The standard InChI is InChI=1S/C16H26N6O5/c1-2-12(23)5-3-4-6-26-15-7-13(24)16(25)14(27-15)10-22-9-11(19-21-22)8-18-20-17/h9,13-16,24-25H,2-8,10H2,1H3/t13?,14?,15?,16-/m1/s1. The van der Waals surface area contributed by atoms with Crippen molar-refractivity contribution in [1.29, 1.82) is 0 Å². The van der Waals surface area contributed by atoms with Crippen LogP contribution in [0.3, 0.4) is 0 Å². The van der Waals surface area contributed by atoms with E-state index in [-0.39, 0.29) is 25.3 Å². The van der Waals surface area contributed by atoms with Gasteiger partial charge in [0.25, 0.3) is 0 Å². The van der Waals surface area contributed by atoms with Gasteiger partial charge in [0, 0.05) is 37.0 Å². The summed E-state index contributed by atoms with van der Waals surface area (Å²) in [5.74, 6) is 0.232. The van der Waals surface area contributed by atoms with Crippen LogP contribution in [0.5, 0.6) is 0 Å². The Kier molecular flexibility index (Phi) is 8.62. The van der Waals surface area contributed by atoms with E-state index in [1.807, 2.05) is 6.92 Å². The van der Waals surface area contributed by atoms with Crippen LogP contribution in [0.2, 0.25) is 0 Å². The van der Waals surface area contributed by atoms with Crippen LogP contribution >= 0.6 is 0 Å². The predicted molar refractivity (Wildman–Crippen MR) is 93.3 cm³/mol. The number of rotatable bonds is 11. The maximum absolute atomic E-state index is 11.3. The number of nitrogens with zero attached hydrogens (tertiary/aromatic N) is 6. The first-order valence-corrected chi connectivity index (χ1v) is 9.08. The Hall–Kier alpha value is -2.04. The summed E-state index contributed by atoms with van der Waals surface area (Å²) in [5, 5.41) is 31.4. The number of aliphatic hydroxyl groups is 2. The van der Waals surface area contributed by atoms with Crippen LogP contribution in [0.25, 0.3) is 10.4 Å². The molecular weight excluding hydrogens is 356 g/mol. The fraction of sp³-hybridized carbons (Fsp3) is 0.812. The number of ketones is 1. The van der Waals surface area contributed by atoms with Crippen LogP contribution < -0.4 is 0 Å². The maximum atomic E-state index is 11.3. The van der Waals surface area contributed by atoms with E-state index in [9.17, 15) is 15.0 Å². The van der Waals surface area contributed by atoms with Gasteiger partial charge in [-0.25, -0.2) is 4.68 Å². The molecule has 2 rings (SSSR count). The minimum absolute atomic E-state index is 0.0828. The van der Waals surface area contributed by atoms with Crippen molar-refractivity contribution >= 4 is 5.78 Å². The molecule has 0 aromatic carbocycles. The molecular formula is C16H26N6O5. The molecule has 2 heterocycles. The summed E-state index contributed by atoms with van der Waals surface area (Å²) >= 11 is 0. The first-order chi connectivity index (χ1) is 13.0. The van der Waals surface area contributed by atoms with Crippen molar-refractivity contribution in [1.82, 2.24) is 15.0 Å². The maximum Gasteiger partial charge on any atom is 0.160 e. The summed E-state index contributed by atoms with van der Waals surface area (Å²) in [6.07, 6.45) is 0.929. The highest BCUT2D eigenvalue weighted by Gasteiger charge is 2.37. The predicted octanol–water partition coefficient (Wildman–Crippen LogP) is 1.09. The molecule has 0 aliphatic carbocycles. The molecule has 27 heavy (non-hydrogen) atoms. The SMILES string of the molecule is CCC(=O)CCCCOC1CC(O)[C@@H](O)C(Cn2cc(CN=[N+]=[N-])nn2)O1. The van der Waals surface area contributed by atoms with Crippen LogP contribution in [0.4, 0.5) is 0 Å². The number of carbonyl (C=O) groups excluding carboxylic acids is 1. The molecule has 3 unspecified atom stereocenters. The highest BCUT2D eigenvalue weighted by molar-refractivity contribution is 5.77. The molecule has 0 spiro atoms. The van der Waals surface area contributed by atoms with Gasteiger partial charge >= 0.3 is 0 Å². The number of ether oxygens (including phenoxy) is 2. The molecule has 11 nitrogen and oxygen atoms in total. The molecule has 1 aliphatic rings. The zero-order valence-electron chi connectivity index (χ0n) is 15.3. The topological polar surface area (TPSA) is 155 Å². The molecule has 0 amide bonds. The third kappa shape index (κ3) is 6.89. The van der Waals surface area contributed by atoms with E-state index in [0.717, 1.165) is 12.8 Å². The Morgan fingerprint density at radius 1 is 1.52 bits per heavy atom. The average molecular weight is 382 g/mol. The van der Waals surface area contributed by atoms with Crippen molar-refractivity contribution in [2.24, 2.45) is 5.11 Å². The zero-order chi connectivity index (χ0) is 19.6. The smallest absolute Gasteiger partial charge is 0.160 e. The van der Waals surface area contributed by atoms with Gasteiger partial charge in [-0.3, -0.25) is 4.79 Å². The minimum Gasteiger partial charge on any atom is -0.390 e. The van der Waals surface area contributed by atoms with E-state index in [2.05, 4.69) is 20.3 Å². The number of Topliss-reactive ketones (excluding diaryl/α,β-unsaturated/α-hetero) is 1. The molecule has 0 radical (unpaired) electrons. The molecule has 1 aromatic rings. The first kappa shape index (κ1) is 21.3. The number of carbonyl (C=O) groups is 1. The van der Waals surface area contributed by atoms with Crippen LogP contribution in [0.15, 0.2) is 11.3 Å². The second kappa shape index (κ2) is 11.0. The van der Waals surface area contributed by atoms with E-state index in [1.54, 1.807) is 6.20 Å². The quantitative estimate of drug-likeness (QED) is 0.251. The summed E-state index contributed by atoms with van der Waals surface area (Å²) in [5.41, 5.74) is 8.82. The fourth-order valence-corrected chi connectivity index (χ4v) is 2.78. The van der Waals surface area contributed by atoms with Crippen molar-refractivity contribution in [3.63, 3.8) is 0 Å². The lowest BCUT2D eigenvalue weighted by Gasteiger charge is -2.36. The van der Waals surface area contributed by atoms with Crippen molar-refractivity contribution < 1.29 is 24.5 Å². The zero-order valence-corrected chi connectivity index (χ0v) is 15.3. The summed E-state index contributed by atoms with van der Waals surface area (Å²) in [6.45, 7) is 2.51. The third-order valence-electron chi connectivity index (χ3n) is 4.33. The van der Waals surface area contributed by atoms with Crippen LogP contribution in [0, 0.1) is 0 Å². The summed E-state index contributed by atoms with van der Waals surface area (Å²) < 4.78 is 12.8. The van der Waals surface area contributed by atoms with Crippen LogP contribution in [0.1, 0.15) is 44.7 Å². The molecule has 1 aliphatic heterocycles.